The molecule has 0 bridgehead atoms. The predicted octanol–water partition coefficient (Wildman–Crippen LogP) is 2.81. The average Bonchev–Trinajstić information content (AvgIpc) is 2.85. The zero-order valence-corrected chi connectivity index (χ0v) is 10.4. The second-order valence-electron chi connectivity index (χ2n) is 5.03. The van der Waals surface area contributed by atoms with E-state index in [2.05, 4.69) is 18.2 Å². The Morgan fingerprint density at radius 3 is 2.50 bits per heavy atom. The van der Waals surface area contributed by atoms with E-state index >= 15 is 0 Å². The normalized spacial score (nSPS) is 15.4. The van der Waals surface area contributed by atoms with Crippen molar-refractivity contribution in [1.29, 1.82) is 0 Å². The maximum atomic E-state index is 6.32. The van der Waals surface area contributed by atoms with Crippen LogP contribution >= 0.6 is 0 Å². The van der Waals surface area contributed by atoms with Gasteiger partial charge < -0.3 is 11.5 Å². The van der Waals surface area contributed by atoms with Crippen molar-refractivity contribution in [1.82, 2.24) is 0 Å². The number of aryl methyl sites for hydroxylation is 2. The molecule has 4 N–H and O–H groups in total. The minimum Gasteiger partial charge on any atom is -0.399 e. The number of hydrogen-bond acceptors (Lipinski definition) is 2. The molecule has 2 heteroatoms. The molecule has 1 aliphatic rings. The van der Waals surface area contributed by atoms with E-state index in [-0.39, 0.29) is 6.04 Å². The first-order valence-corrected chi connectivity index (χ1v) is 6.47. The fourth-order valence-corrected chi connectivity index (χ4v) is 2.73. The van der Waals surface area contributed by atoms with E-state index < -0.39 is 0 Å². The minimum atomic E-state index is -0.0839. The molecule has 1 unspecified atom stereocenters. The number of nitrogens with two attached hydrogens (primary N) is 2. The molecule has 0 heterocycles. The van der Waals surface area contributed by atoms with Gasteiger partial charge in [-0.3, -0.25) is 0 Å². The van der Waals surface area contributed by atoms with Gasteiger partial charge in [0.2, 0.25) is 0 Å². The summed E-state index contributed by atoms with van der Waals surface area (Å²) in [5.41, 5.74) is 18.1. The van der Waals surface area contributed by atoms with Crippen LogP contribution in [0.2, 0.25) is 0 Å². The molecule has 2 aromatic rings. The van der Waals surface area contributed by atoms with Gasteiger partial charge in [-0.2, -0.15) is 0 Å². The summed E-state index contributed by atoms with van der Waals surface area (Å²) in [6, 6.07) is 14.4. The first-order valence-electron chi connectivity index (χ1n) is 6.47. The van der Waals surface area contributed by atoms with Crippen LogP contribution in [0.25, 0.3) is 0 Å². The number of anilines is 1. The van der Waals surface area contributed by atoms with E-state index in [9.17, 15) is 0 Å². The van der Waals surface area contributed by atoms with Crippen LogP contribution in [0.5, 0.6) is 0 Å². The van der Waals surface area contributed by atoms with Gasteiger partial charge in [0.1, 0.15) is 0 Å². The summed E-state index contributed by atoms with van der Waals surface area (Å²) in [6.45, 7) is 0. The molecule has 1 aliphatic carbocycles. The standard InChI is InChI=1S/C16H18N2/c17-15-6-2-5-13(10-15)16(18)14-8-7-11-3-1-4-12(11)9-14/h2,5-10,16H,1,3-4,17-18H2. The third-order valence-electron chi connectivity index (χ3n) is 3.75. The van der Waals surface area contributed by atoms with Crippen LogP contribution in [-0.2, 0) is 12.8 Å². The highest BCUT2D eigenvalue weighted by atomic mass is 14.6. The highest BCUT2D eigenvalue weighted by Gasteiger charge is 2.14. The summed E-state index contributed by atoms with van der Waals surface area (Å²) in [6.07, 6.45) is 3.67. The molecule has 0 amide bonds. The van der Waals surface area contributed by atoms with Gasteiger partial charge in [-0.25, -0.2) is 0 Å². The maximum absolute atomic E-state index is 6.32. The number of fused-ring (bicyclic) bond motifs is 1. The van der Waals surface area contributed by atoms with Gasteiger partial charge in [-0.1, -0.05) is 30.3 Å². The summed E-state index contributed by atoms with van der Waals surface area (Å²) in [7, 11) is 0. The van der Waals surface area contributed by atoms with Crippen LogP contribution in [0.4, 0.5) is 5.69 Å². The Balaban J connectivity index is 1.95. The van der Waals surface area contributed by atoms with Crippen molar-refractivity contribution in [2.45, 2.75) is 25.3 Å². The van der Waals surface area contributed by atoms with Gasteiger partial charge in [-0.15, -0.1) is 0 Å². The molecule has 18 heavy (non-hydrogen) atoms. The molecule has 0 fully saturated rings. The molecule has 0 saturated heterocycles. The molecule has 2 nitrogen and oxygen atoms in total. The highest BCUT2D eigenvalue weighted by Crippen LogP contribution is 2.27. The van der Waals surface area contributed by atoms with Gasteiger partial charge in [-0.05, 0) is 53.6 Å². The van der Waals surface area contributed by atoms with E-state index in [4.69, 9.17) is 11.5 Å². The quantitative estimate of drug-likeness (QED) is 0.790. The predicted molar refractivity (Wildman–Crippen MR) is 75.4 cm³/mol. The van der Waals surface area contributed by atoms with Crippen LogP contribution in [0, 0.1) is 0 Å². The van der Waals surface area contributed by atoms with E-state index in [0.29, 0.717) is 0 Å². The smallest absolute Gasteiger partial charge is 0.0552 e. The lowest BCUT2D eigenvalue weighted by molar-refractivity contribution is 0.867. The van der Waals surface area contributed by atoms with Crippen LogP contribution in [0.15, 0.2) is 42.5 Å². The lowest BCUT2D eigenvalue weighted by Crippen LogP contribution is -2.12. The van der Waals surface area contributed by atoms with Crippen LogP contribution in [-0.4, -0.2) is 0 Å². The lowest BCUT2D eigenvalue weighted by Gasteiger charge is -2.14. The number of hydrogen-bond donors (Lipinski definition) is 2. The molecule has 0 aromatic heterocycles. The second-order valence-corrected chi connectivity index (χ2v) is 5.03. The molecule has 92 valence electrons. The van der Waals surface area contributed by atoms with Crippen molar-refractivity contribution >= 4 is 5.69 Å². The molecular formula is C16H18N2. The van der Waals surface area contributed by atoms with Gasteiger partial charge >= 0.3 is 0 Å². The zero-order chi connectivity index (χ0) is 12.5. The lowest BCUT2D eigenvalue weighted by atomic mass is 9.96. The van der Waals surface area contributed by atoms with Crippen molar-refractivity contribution in [3.8, 4) is 0 Å². The number of benzene rings is 2. The molecule has 0 saturated carbocycles. The summed E-state index contributed by atoms with van der Waals surface area (Å²) in [5.74, 6) is 0. The summed E-state index contributed by atoms with van der Waals surface area (Å²) >= 11 is 0. The SMILES string of the molecule is Nc1cccc(C(N)c2ccc3c(c2)CCC3)c1. The molecule has 1 atom stereocenters. The van der Waals surface area contributed by atoms with Crippen LogP contribution < -0.4 is 11.5 Å². The Morgan fingerprint density at radius 2 is 1.67 bits per heavy atom. The van der Waals surface area contributed by atoms with E-state index in [1.165, 1.54) is 36.0 Å². The van der Waals surface area contributed by atoms with E-state index in [0.717, 1.165) is 11.3 Å². The Labute approximate surface area is 108 Å². The van der Waals surface area contributed by atoms with Crippen molar-refractivity contribution in [2.24, 2.45) is 5.73 Å². The molecular weight excluding hydrogens is 220 g/mol. The molecule has 2 aromatic carbocycles. The average molecular weight is 238 g/mol. The summed E-state index contributed by atoms with van der Waals surface area (Å²) < 4.78 is 0. The third kappa shape index (κ3) is 2.00. The van der Waals surface area contributed by atoms with Gasteiger partial charge in [0.15, 0.2) is 0 Å². The Morgan fingerprint density at radius 1 is 0.889 bits per heavy atom. The van der Waals surface area contributed by atoms with Crippen molar-refractivity contribution in [2.75, 3.05) is 5.73 Å². The van der Waals surface area contributed by atoms with Crippen molar-refractivity contribution in [3.05, 3.63) is 64.7 Å². The van der Waals surface area contributed by atoms with Crippen molar-refractivity contribution in [3.63, 3.8) is 0 Å². The fourth-order valence-electron chi connectivity index (χ4n) is 2.73. The molecule has 0 spiro atoms. The fraction of sp³-hybridized carbons (Fsp3) is 0.250. The Bertz CT molecular complexity index is 575. The first-order chi connectivity index (χ1) is 8.74. The topological polar surface area (TPSA) is 52.0 Å². The largest absolute Gasteiger partial charge is 0.399 e. The van der Waals surface area contributed by atoms with Gasteiger partial charge in [0.25, 0.3) is 0 Å². The first kappa shape index (κ1) is 11.3. The summed E-state index contributed by atoms with van der Waals surface area (Å²) in [4.78, 5) is 0. The van der Waals surface area contributed by atoms with Crippen molar-refractivity contribution < 1.29 is 0 Å². The van der Waals surface area contributed by atoms with E-state index in [1.54, 1.807) is 0 Å². The highest BCUT2D eigenvalue weighted by molar-refractivity contribution is 5.45. The van der Waals surface area contributed by atoms with E-state index in [1.807, 2.05) is 24.3 Å². The second kappa shape index (κ2) is 4.46. The number of rotatable bonds is 2. The van der Waals surface area contributed by atoms with Crippen LogP contribution in [0.3, 0.4) is 0 Å². The van der Waals surface area contributed by atoms with Gasteiger partial charge in [0.05, 0.1) is 6.04 Å². The molecule has 0 radical (unpaired) electrons. The molecule has 3 rings (SSSR count). The molecule has 0 aliphatic heterocycles. The zero-order valence-electron chi connectivity index (χ0n) is 10.4. The Kier molecular flexibility index (Phi) is 2.80. The maximum Gasteiger partial charge on any atom is 0.0552 e. The Hall–Kier alpha value is -1.80. The minimum absolute atomic E-state index is 0.0839. The van der Waals surface area contributed by atoms with Crippen LogP contribution in [0.1, 0.15) is 34.7 Å². The summed E-state index contributed by atoms with van der Waals surface area (Å²) in [5, 5.41) is 0. The van der Waals surface area contributed by atoms with Gasteiger partial charge in [0, 0.05) is 5.69 Å². The third-order valence-corrected chi connectivity index (χ3v) is 3.75. The number of nitrogen functional groups attached to an aromatic ring is 1. The monoisotopic (exact) mass is 238 g/mol.